The van der Waals surface area contributed by atoms with Crippen LogP contribution in [0.25, 0.3) is 0 Å². The Morgan fingerprint density at radius 2 is 1.79 bits per heavy atom. The molecule has 3 aliphatic rings. The number of carbonyl (C=O) groups is 2. The molecule has 2 aromatic rings. The molecule has 0 spiro atoms. The predicted octanol–water partition coefficient (Wildman–Crippen LogP) is 4.42. The average molecular weight is 579 g/mol. The number of anilines is 3. The van der Waals surface area contributed by atoms with E-state index in [1.165, 1.54) is 10.9 Å². The second kappa shape index (κ2) is 12.9. The van der Waals surface area contributed by atoms with Crippen molar-refractivity contribution < 1.29 is 14.3 Å². The SMILES string of the molecule is Cn1nc(N2CCC[C@@H](CC(=O)C3CCC(C(C)(C)C)CC3)C2)cc(Nc2ccc(C(=O)N3CCOCC3)cn2)c1=O. The minimum Gasteiger partial charge on any atom is -0.378 e. The van der Waals surface area contributed by atoms with Crippen LogP contribution in [-0.2, 0) is 16.6 Å². The van der Waals surface area contributed by atoms with E-state index in [0.717, 1.165) is 51.6 Å². The molecule has 1 N–H and O–H groups in total. The molecule has 228 valence electrons. The van der Waals surface area contributed by atoms with Crippen LogP contribution in [0, 0.1) is 23.2 Å². The minimum absolute atomic E-state index is 0.0739. The van der Waals surface area contributed by atoms with E-state index in [2.05, 4.69) is 41.1 Å². The van der Waals surface area contributed by atoms with E-state index in [0.29, 0.717) is 78.6 Å². The first-order chi connectivity index (χ1) is 20.1. The third kappa shape index (κ3) is 7.19. The number of Topliss-reactive ketones (excluding diaryl/α,β-unsaturated/α-hetero) is 1. The second-order valence-electron chi connectivity index (χ2n) is 13.3. The Morgan fingerprint density at radius 1 is 1.05 bits per heavy atom. The minimum atomic E-state index is -0.261. The molecule has 2 aromatic heterocycles. The van der Waals surface area contributed by atoms with Crippen molar-refractivity contribution in [2.75, 3.05) is 49.6 Å². The number of morpholine rings is 1. The summed E-state index contributed by atoms with van der Waals surface area (Å²) in [7, 11) is 1.65. The van der Waals surface area contributed by atoms with Crippen LogP contribution < -0.4 is 15.8 Å². The Morgan fingerprint density at radius 3 is 2.45 bits per heavy atom. The van der Waals surface area contributed by atoms with Crippen molar-refractivity contribution in [3.8, 4) is 0 Å². The number of amides is 1. The zero-order chi connectivity index (χ0) is 29.9. The van der Waals surface area contributed by atoms with Crippen LogP contribution in [0.5, 0.6) is 0 Å². The smallest absolute Gasteiger partial charge is 0.290 e. The fraction of sp³-hybridized carbons (Fsp3) is 0.656. The highest BCUT2D eigenvalue weighted by molar-refractivity contribution is 5.94. The zero-order valence-electron chi connectivity index (χ0n) is 25.6. The number of nitrogens with zero attached hydrogens (tertiary/aromatic N) is 5. The fourth-order valence-corrected chi connectivity index (χ4v) is 6.69. The monoisotopic (exact) mass is 578 g/mol. The van der Waals surface area contributed by atoms with Crippen LogP contribution in [0.3, 0.4) is 0 Å². The number of aromatic nitrogens is 3. The van der Waals surface area contributed by atoms with Crippen molar-refractivity contribution in [1.29, 1.82) is 0 Å². The normalized spacial score (nSPS) is 23.5. The lowest BCUT2D eigenvalue weighted by molar-refractivity contribution is -0.125. The number of ether oxygens (including phenoxy) is 1. The highest BCUT2D eigenvalue weighted by Crippen LogP contribution is 2.40. The number of pyridine rings is 1. The topological polar surface area (TPSA) is 110 Å². The molecule has 3 fully saturated rings. The molecule has 10 nitrogen and oxygen atoms in total. The molecule has 1 saturated carbocycles. The number of hydrogen-bond donors (Lipinski definition) is 1. The van der Waals surface area contributed by atoms with E-state index in [-0.39, 0.29) is 17.4 Å². The van der Waals surface area contributed by atoms with Crippen LogP contribution in [0.4, 0.5) is 17.3 Å². The first kappa shape index (κ1) is 30.2. The van der Waals surface area contributed by atoms with Crippen LogP contribution >= 0.6 is 0 Å². The molecule has 2 saturated heterocycles. The number of nitrogens with one attached hydrogen (secondary N) is 1. The lowest BCUT2D eigenvalue weighted by Gasteiger charge is -2.37. The average Bonchev–Trinajstić information content (AvgIpc) is 2.99. The van der Waals surface area contributed by atoms with Crippen LogP contribution in [0.1, 0.15) is 76.1 Å². The molecule has 0 radical (unpaired) electrons. The van der Waals surface area contributed by atoms with Gasteiger partial charge in [-0.25, -0.2) is 9.67 Å². The highest BCUT2D eigenvalue weighted by atomic mass is 16.5. The standard InChI is InChI=1S/C32H46N6O4/c1-32(2,3)25-10-7-23(8-11-25)27(39)18-22-6-5-13-38(21-22)29-19-26(31(41)36(4)35-29)34-28-12-9-24(20-33-28)30(40)37-14-16-42-17-15-37/h9,12,19-20,22-23,25H,5-8,10-11,13-18,21H2,1-4H3,(H,33,34)/t22-,23?,25?/m0/s1. The number of hydrogen-bond acceptors (Lipinski definition) is 8. The molecule has 1 aliphatic carbocycles. The zero-order valence-corrected chi connectivity index (χ0v) is 25.6. The number of aryl methyl sites for hydroxylation is 1. The molecule has 0 unspecified atom stereocenters. The van der Waals surface area contributed by atoms with E-state index in [4.69, 9.17) is 4.74 Å². The summed E-state index contributed by atoms with van der Waals surface area (Å²) in [4.78, 5) is 47.3. The third-order valence-electron chi connectivity index (χ3n) is 9.36. The van der Waals surface area contributed by atoms with Gasteiger partial charge in [-0.3, -0.25) is 14.4 Å². The maximum absolute atomic E-state index is 13.3. The van der Waals surface area contributed by atoms with Crippen molar-refractivity contribution in [2.24, 2.45) is 30.2 Å². The quantitative estimate of drug-likeness (QED) is 0.514. The fourth-order valence-electron chi connectivity index (χ4n) is 6.69. The van der Waals surface area contributed by atoms with Crippen molar-refractivity contribution in [2.45, 2.75) is 65.7 Å². The van der Waals surface area contributed by atoms with Gasteiger partial charge in [0.05, 0.1) is 18.8 Å². The van der Waals surface area contributed by atoms with Crippen LogP contribution in [0.2, 0.25) is 0 Å². The van der Waals surface area contributed by atoms with E-state index in [1.807, 2.05) is 0 Å². The van der Waals surface area contributed by atoms with Gasteiger partial charge in [-0.2, -0.15) is 5.10 Å². The van der Waals surface area contributed by atoms with Crippen LogP contribution in [0.15, 0.2) is 29.2 Å². The van der Waals surface area contributed by atoms with Crippen molar-refractivity contribution >= 4 is 29.0 Å². The lowest BCUT2D eigenvalue weighted by Crippen LogP contribution is -2.40. The van der Waals surface area contributed by atoms with Gasteiger partial charge in [0, 0.05) is 57.8 Å². The summed E-state index contributed by atoms with van der Waals surface area (Å²) in [5.74, 6) is 2.74. The van der Waals surface area contributed by atoms with Crippen molar-refractivity contribution in [3.63, 3.8) is 0 Å². The number of carbonyl (C=O) groups excluding carboxylic acids is 2. The van der Waals surface area contributed by atoms with Crippen molar-refractivity contribution in [1.82, 2.24) is 19.7 Å². The first-order valence-electron chi connectivity index (χ1n) is 15.5. The Kier molecular flexibility index (Phi) is 9.30. The molecule has 0 aromatic carbocycles. The number of ketones is 1. The molecular weight excluding hydrogens is 532 g/mol. The van der Waals surface area contributed by atoms with Gasteiger partial charge < -0.3 is 19.9 Å². The Hall–Kier alpha value is -3.27. The predicted molar refractivity (Wildman–Crippen MR) is 163 cm³/mol. The Bertz CT molecular complexity index is 1300. The Labute approximate surface area is 248 Å². The molecule has 2 aliphatic heterocycles. The summed E-state index contributed by atoms with van der Waals surface area (Å²) >= 11 is 0. The summed E-state index contributed by atoms with van der Waals surface area (Å²) in [5.41, 5.74) is 0.928. The second-order valence-corrected chi connectivity index (χ2v) is 13.3. The van der Waals surface area contributed by atoms with E-state index in [1.54, 1.807) is 30.1 Å². The molecule has 1 atom stereocenters. The summed E-state index contributed by atoms with van der Waals surface area (Å²) < 4.78 is 6.67. The van der Waals surface area contributed by atoms with Gasteiger partial charge in [-0.05, 0) is 67.9 Å². The van der Waals surface area contributed by atoms with Gasteiger partial charge >= 0.3 is 0 Å². The molecular formula is C32H46N6O4. The summed E-state index contributed by atoms with van der Waals surface area (Å²) in [6, 6.07) is 5.21. The van der Waals surface area contributed by atoms with Crippen LogP contribution in [-0.4, -0.2) is 70.7 Å². The van der Waals surface area contributed by atoms with Crippen molar-refractivity contribution in [3.05, 3.63) is 40.3 Å². The van der Waals surface area contributed by atoms with Gasteiger partial charge in [0.1, 0.15) is 17.3 Å². The molecule has 1 amide bonds. The Balaban J connectivity index is 1.21. The number of piperidine rings is 1. The van der Waals surface area contributed by atoms with Gasteiger partial charge in [0.15, 0.2) is 5.82 Å². The first-order valence-corrected chi connectivity index (χ1v) is 15.5. The van der Waals surface area contributed by atoms with E-state index >= 15 is 0 Å². The summed E-state index contributed by atoms with van der Waals surface area (Å²) in [6.07, 6.45) is 8.52. The largest absolute Gasteiger partial charge is 0.378 e. The van der Waals surface area contributed by atoms with Gasteiger partial charge in [-0.1, -0.05) is 20.8 Å². The summed E-state index contributed by atoms with van der Waals surface area (Å²) in [6.45, 7) is 10.7. The summed E-state index contributed by atoms with van der Waals surface area (Å²) in [5, 5.41) is 7.68. The molecule has 42 heavy (non-hydrogen) atoms. The van der Waals surface area contributed by atoms with Gasteiger partial charge in [-0.15, -0.1) is 0 Å². The van der Waals surface area contributed by atoms with E-state index in [9.17, 15) is 14.4 Å². The third-order valence-corrected chi connectivity index (χ3v) is 9.36. The lowest BCUT2D eigenvalue weighted by atomic mass is 9.68. The highest BCUT2D eigenvalue weighted by Gasteiger charge is 2.33. The maximum atomic E-state index is 13.3. The van der Waals surface area contributed by atoms with Gasteiger partial charge in [0.25, 0.3) is 11.5 Å². The van der Waals surface area contributed by atoms with Gasteiger partial charge in [0.2, 0.25) is 0 Å². The maximum Gasteiger partial charge on any atom is 0.290 e. The molecule has 4 heterocycles. The molecule has 10 heteroatoms. The molecule has 5 rings (SSSR count). The van der Waals surface area contributed by atoms with E-state index < -0.39 is 0 Å². The number of rotatable bonds is 7. The molecule has 0 bridgehead atoms.